The topological polar surface area (TPSA) is 25.4 Å². The van der Waals surface area contributed by atoms with Crippen molar-refractivity contribution in [2.75, 3.05) is 13.1 Å². The zero-order valence-corrected chi connectivity index (χ0v) is 15.9. The molecule has 1 aromatic heterocycles. The monoisotopic (exact) mass is 368 g/mol. The van der Waals surface area contributed by atoms with E-state index in [1.54, 1.807) is 0 Å². The van der Waals surface area contributed by atoms with Crippen LogP contribution in [0.5, 0.6) is 5.75 Å². The van der Waals surface area contributed by atoms with Crippen LogP contribution in [0.3, 0.4) is 0 Å². The highest BCUT2D eigenvalue weighted by atomic mass is 16.5. The van der Waals surface area contributed by atoms with E-state index in [4.69, 9.17) is 4.74 Å². The first kappa shape index (κ1) is 17.2. The SMILES string of the molecule is c1ccc2cc(CN3CCC(Oc4ccc5cnccc5c4)CC3)ccc2c1. The number of aromatic nitrogens is 1. The fourth-order valence-corrected chi connectivity index (χ4v) is 4.11. The number of likely N-dealkylation sites (tertiary alicyclic amines) is 1. The Morgan fingerprint density at radius 2 is 1.61 bits per heavy atom. The smallest absolute Gasteiger partial charge is 0.120 e. The highest BCUT2D eigenvalue weighted by Crippen LogP contribution is 2.24. The van der Waals surface area contributed by atoms with E-state index in [0.717, 1.165) is 43.6 Å². The van der Waals surface area contributed by atoms with Gasteiger partial charge in [-0.2, -0.15) is 0 Å². The van der Waals surface area contributed by atoms with Crippen molar-refractivity contribution in [1.29, 1.82) is 0 Å². The number of benzene rings is 3. The Labute approximate surface area is 165 Å². The molecule has 1 saturated heterocycles. The Morgan fingerprint density at radius 1 is 0.821 bits per heavy atom. The maximum atomic E-state index is 6.27. The van der Waals surface area contributed by atoms with Crippen LogP contribution in [0.1, 0.15) is 18.4 Å². The van der Waals surface area contributed by atoms with Crippen molar-refractivity contribution in [2.24, 2.45) is 0 Å². The molecule has 0 amide bonds. The summed E-state index contributed by atoms with van der Waals surface area (Å²) in [4.78, 5) is 6.71. The molecule has 0 aliphatic carbocycles. The number of hydrogen-bond acceptors (Lipinski definition) is 3. The van der Waals surface area contributed by atoms with Crippen LogP contribution in [0.2, 0.25) is 0 Å². The third-order valence-corrected chi connectivity index (χ3v) is 5.67. The first-order valence-corrected chi connectivity index (χ1v) is 10.0. The maximum absolute atomic E-state index is 6.27. The van der Waals surface area contributed by atoms with Gasteiger partial charge < -0.3 is 4.74 Å². The molecule has 4 aromatic rings. The molecule has 1 aliphatic heterocycles. The van der Waals surface area contributed by atoms with Crippen LogP contribution >= 0.6 is 0 Å². The quantitative estimate of drug-likeness (QED) is 0.480. The summed E-state index contributed by atoms with van der Waals surface area (Å²) in [6, 6.07) is 23.7. The van der Waals surface area contributed by atoms with Gasteiger partial charge in [0.1, 0.15) is 11.9 Å². The van der Waals surface area contributed by atoms with Crippen molar-refractivity contribution >= 4 is 21.5 Å². The van der Waals surface area contributed by atoms with Crippen molar-refractivity contribution in [3.05, 3.63) is 84.7 Å². The molecule has 28 heavy (non-hydrogen) atoms. The molecule has 1 aliphatic rings. The van der Waals surface area contributed by atoms with Crippen molar-refractivity contribution < 1.29 is 4.74 Å². The molecule has 3 nitrogen and oxygen atoms in total. The van der Waals surface area contributed by atoms with Gasteiger partial charge in [-0.05, 0) is 64.9 Å². The Hall–Kier alpha value is -2.91. The lowest BCUT2D eigenvalue weighted by molar-refractivity contribution is 0.0969. The molecule has 0 N–H and O–H groups in total. The Balaban J connectivity index is 1.19. The first-order chi connectivity index (χ1) is 13.8. The van der Waals surface area contributed by atoms with E-state index in [2.05, 4.69) is 70.5 Å². The summed E-state index contributed by atoms with van der Waals surface area (Å²) in [5.74, 6) is 0.965. The van der Waals surface area contributed by atoms with Gasteiger partial charge in [-0.1, -0.05) is 36.4 Å². The molecule has 0 unspecified atom stereocenters. The van der Waals surface area contributed by atoms with E-state index < -0.39 is 0 Å². The van der Waals surface area contributed by atoms with E-state index >= 15 is 0 Å². The number of rotatable bonds is 4. The fourth-order valence-electron chi connectivity index (χ4n) is 4.11. The molecule has 2 heterocycles. The molecule has 3 heteroatoms. The Morgan fingerprint density at radius 3 is 2.50 bits per heavy atom. The summed E-state index contributed by atoms with van der Waals surface area (Å²) in [6.07, 6.45) is 6.17. The predicted octanol–water partition coefficient (Wildman–Crippen LogP) is 5.43. The van der Waals surface area contributed by atoms with Gasteiger partial charge >= 0.3 is 0 Å². The molecule has 0 atom stereocenters. The average molecular weight is 368 g/mol. The third kappa shape index (κ3) is 3.71. The minimum Gasteiger partial charge on any atom is -0.490 e. The lowest BCUT2D eigenvalue weighted by Gasteiger charge is -2.32. The second-order valence-electron chi connectivity index (χ2n) is 7.66. The largest absolute Gasteiger partial charge is 0.490 e. The summed E-state index contributed by atoms with van der Waals surface area (Å²) in [5, 5.41) is 4.97. The lowest BCUT2D eigenvalue weighted by atomic mass is 10.0. The van der Waals surface area contributed by atoms with E-state index in [1.807, 2.05) is 18.5 Å². The van der Waals surface area contributed by atoms with Gasteiger partial charge in [0.2, 0.25) is 0 Å². The van der Waals surface area contributed by atoms with Gasteiger partial charge in [0.25, 0.3) is 0 Å². The highest BCUT2D eigenvalue weighted by Gasteiger charge is 2.20. The number of nitrogens with zero attached hydrogens (tertiary/aromatic N) is 2. The molecular formula is C25H24N2O. The van der Waals surface area contributed by atoms with Crippen LogP contribution < -0.4 is 4.74 Å². The number of fused-ring (bicyclic) bond motifs is 2. The van der Waals surface area contributed by atoms with Gasteiger partial charge in [0, 0.05) is 37.4 Å². The standard InChI is InChI=1S/C25H24N2O/c1-2-4-21-15-19(5-6-20(21)3-1)18-27-13-10-24(11-14-27)28-25-8-7-23-17-26-12-9-22(23)16-25/h1-9,12,15-17,24H,10-11,13-14,18H2. The zero-order chi connectivity index (χ0) is 18.8. The molecule has 5 rings (SSSR count). The van der Waals surface area contributed by atoms with Crippen molar-refractivity contribution in [1.82, 2.24) is 9.88 Å². The predicted molar refractivity (Wildman–Crippen MR) is 115 cm³/mol. The van der Waals surface area contributed by atoms with Crippen LogP contribution in [-0.2, 0) is 6.54 Å². The zero-order valence-electron chi connectivity index (χ0n) is 15.9. The van der Waals surface area contributed by atoms with Crippen LogP contribution in [0.15, 0.2) is 79.1 Å². The minimum absolute atomic E-state index is 0.298. The first-order valence-electron chi connectivity index (χ1n) is 10.0. The van der Waals surface area contributed by atoms with E-state index in [1.165, 1.54) is 21.7 Å². The van der Waals surface area contributed by atoms with Crippen LogP contribution in [0.4, 0.5) is 0 Å². The van der Waals surface area contributed by atoms with Crippen molar-refractivity contribution in [3.63, 3.8) is 0 Å². The number of pyridine rings is 1. The Bertz CT molecular complexity index is 1010. The number of piperidine rings is 1. The van der Waals surface area contributed by atoms with Crippen LogP contribution in [-0.4, -0.2) is 29.1 Å². The van der Waals surface area contributed by atoms with Crippen LogP contribution in [0, 0.1) is 0 Å². The van der Waals surface area contributed by atoms with Gasteiger partial charge in [0.15, 0.2) is 0 Å². The molecular weight excluding hydrogens is 344 g/mol. The normalized spacial score (nSPS) is 15.9. The molecule has 0 bridgehead atoms. The van der Waals surface area contributed by atoms with E-state index in [9.17, 15) is 0 Å². The summed E-state index contributed by atoms with van der Waals surface area (Å²) >= 11 is 0. The van der Waals surface area contributed by atoms with Gasteiger partial charge in [0.05, 0.1) is 0 Å². The molecule has 0 spiro atoms. The van der Waals surface area contributed by atoms with Crippen LogP contribution in [0.25, 0.3) is 21.5 Å². The number of ether oxygens (including phenoxy) is 1. The van der Waals surface area contributed by atoms with Gasteiger partial charge in [-0.3, -0.25) is 9.88 Å². The molecule has 0 saturated carbocycles. The lowest BCUT2D eigenvalue weighted by Crippen LogP contribution is -2.37. The summed E-state index contributed by atoms with van der Waals surface area (Å²) in [7, 11) is 0. The van der Waals surface area contributed by atoms with E-state index in [-0.39, 0.29) is 0 Å². The molecule has 0 radical (unpaired) electrons. The van der Waals surface area contributed by atoms with Crippen molar-refractivity contribution in [2.45, 2.75) is 25.5 Å². The highest BCUT2D eigenvalue weighted by molar-refractivity contribution is 5.83. The third-order valence-electron chi connectivity index (χ3n) is 5.67. The van der Waals surface area contributed by atoms with Gasteiger partial charge in [-0.25, -0.2) is 0 Å². The second-order valence-corrected chi connectivity index (χ2v) is 7.66. The maximum Gasteiger partial charge on any atom is 0.120 e. The fraction of sp³-hybridized carbons (Fsp3) is 0.240. The minimum atomic E-state index is 0.298. The van der Waals surface area contributed by atoms with Crippen molar-refractivity contribution in [3.8, 4) is 5.75 Å². The molecule has 140 valence electrons. The summed E-state index contributed by atoms with van der Waals surface area (Å²) in [6.45, 7) is 3.17. The molecule has 1 fully saturated rings. The number of hydrogen-bond donors (Lipinski definition) is 0. The van der Waals surface area contributed by atoms with E-state index in [0.29, 0.717) is 6.10 Å². The molecule has 3 aromatic carbocycles. The van der Waals surface area contributed by atoms with Gasteiger partial charge in [-0.15, -0.1) is 0 Å². The summed E-state index contributed by atoms with van der Waals surface area (Å²) < 4.78 is 6.27. The summed E-state index contributed by atoms with van der Waals surface area (Å²) in [5.41, 5.74) is 1.39. The Kier molecular flexibility index (Phi) is 4.67. The second kappa shape index (κ2) is 7.61. The average Bonchev–Trinajstić information content (AvgIpc) is 2.75.